The summed E-state index contributed by atoms with van der Waals surface area (Å²) in [7, 11) is 0. The van der Waals surface area contributed by atoms with Crippen molar-refractivity contribution in [1.29, 1.82) is 0 Å². The molecule has 1 atom stereocenters. The Hall–Kier alpha value is -5.78. The van der Waals surface area contributed by atoms with E-state index in [2.05, 4.69) is 233 Å². The first kappa shape index (κ1) is 76.2. The molecular weight excluding hydrogens is 1000 g/mol. The summed E-state index contributed by atoms with van der Waals surface area (Å²) in [5.41, 5.74) is 0. The molecule has 0 aliphatic heterocycles. The van der Waals surface area contributed by atoms with Gasteiger partial charge < -0.3 is 14.6 Å². The maximum atomic E-state index is 12.3. The normalized spacial score (nSPS) is 13.7. The number of unbranched alkanes of at least 4 members (excludes halogenated alkanes) is 12. The molecule has 0 bridgehead atoms. The van der Waals surface area contributed by atoms with E-state index in [0.717, 1.165) is 148 Å². The molecule has 5 nitrogen and oxygen atoms in total. The highest BCUT2D eigenvalue weighted by Gasteiger charge is 2.16. The summed E-state index contributed by atoms with van der Waals surface area (Å²) in [5.74, 6) is -0.664. The van der Waals surface area contributed by atoms with Crippen molar-refractivity contribution in [3.05, 3.63) is 219 Å². The van der Waals surface area contributed by atoms with Crippen LogP contribution < -0.4 is 0 Å². The van der Waals surface area contributed by atoms with Gasteiger partial charge in [0.15, 0.2) is 6.10 Å². The molecular formula is C77H116O5. The molecule has 5 heteroatoms. The van der Waals surface area contributed by atoms with Gasteiger partial charge in [0.25, 0.3) is 0 Å². The zero-order chi connectivity index (χ0) is 59.1. The van der Waals surface area contributed by atoms with Crippen LogP contribution in [0.4, 0.5) is 0 Å². The Balaban J connectivity index is 3.70. The Kier molecular flexibility index (Phi) is 64.6. The summed E-state index contributed by atoms with van der Waals surface area (Å²) in [4.78, 5) is 24.6. The van der Waals surface area contributed by atoms with E-state index in [0.29, 0.717) is 12.8 Å². The van der Waals surface area contributed by atoms with Crippen LogP contribution in [0.25, 0.3) is 0 Å². The van der Waals surface area contributed by atoms with Crippen molar-refractivity contribution in [2.45, 2.75) is 238 Å². The van der Waals surface area contributed by atoms with Crippen molar-refractivity contribution in [2.24, 2.45) is 0 Å². The first-order valence-electron chi connectivity index (χ1n) is 32.3. The number of allylic oxidation sites excluding steroid dienone is 36. The number of hydrogen-bond donors (Lipinski definition) is 1. The number of ether oxygens (including phenoxy) is 2. The smallest absolute Gasteiger partial charge is 0.306 e. The fourth-order valence-corrected chi connectivity index (χ4v) is 8.01. The quantitative estimate of drug-likeness (QED) is 0.0373. The number of aliphatic hydroxyl groups is 1. The van der Waals surface area contributed by atoms with E-state index < -0.39 is 6.10 Å². The van der Waals surface area contributed by atoms with Crippen LogP contribution in [0.15, 0.2) is 219 Å². The van der Waals surface area contributed by atoms with E-state index in [1.807, 2.05) is 0 Å². The monoisotopic (exact) mass is 1120 g/mol. The maximum absolute atomic E-state index is 12.3. The zero-order valence-electron chi connectivity index (χ0n) is 51.9. The van der Waals surface area contributed by atoms with Crippen LogP contribution in [0.1, 0.15) is 232 Å². The molecule has 0 saturated carbocycles. The van der Waals surface area contributed by atoms with Gasteiger partial charge >= 0.3 is 11.9 Å². The SMILES string of the molecule is CC/C=C\C/C=C\C/C=C\C/C=C\C/C=C\C/C=C\C/C=C\C/C=C\C/C=C\C/C=C\C/C=C\C/C=C\CCCCC(=O)OC(CO)COC(=O)CCCCCCCCCCCC/C=C\C/C=C\C/C=C\C/C=C\C/C=C\C/C=C\CC. The average Bonchev–Trinajstić information content (AvgIpc) is 3.49. The molecule has 0 spiro atoms. The molecule has 1 unspecified atom stereocenters. The first-order valence-corrected chi connectivity index (χ1v) is 32.3. The number of esters is 2. The summed E-state index contributed by atoms with van der Waals surface area (Å²) in [6.45, 7) is 3.86. The van der Waals surface area contributed by atoms with E-state index in [-0.39, 0.29) is 31.6 Å². The molecule has 0 heterocycles. The summed E-state index contributed by atoms with van der Waals surface area (Å²) < 4.78 is 10.7. The van der Waals surface area contributed by atoms with Gasteiger partial charge in [-0.3, -0.25) is 9.59 Å². The van der Waals surface area contributed by atoms with Crippen molar-refractivity contribution < 1.29 is 24.2 Å². The molecule has 0 aliphatic rings. The van der Waals surface area contributed by atoms with Crippen LogP contribution in [-0.4, -0.2) is 36.4 Å². The largest absolute Gasteiger partial charge is 0.462 e. The number of hydrogen-bond acceptors (Lipinski definition) is 5. The summed E-state index contributed by atoms with van der Waals surface area (Å²) in [6, 6.07) is 0. The average molecular weight is 1120 g/mol. The fraction of sp³-hybridized carbons (Fsp3) is 0.506. The lowest BCUT2D eigenvalue weighted by atomic mass is 10.1. The van der Waals surface area contributed by atoms with Gasteiger partial charge in [-0.25, -0.2) is 0 Å². The van der Waals surface area contributed by atoms with E-state index in [4.69, 9.17) is 9.47 Å². The van der Waals surface area contributed by atoms with Crippen LogP contribution in [0.2, 0.25) is 0 Å². The standard InChI is InChI=1S/C77H116O5/c1-3-5-7-9-11-13-15-17-19-21-23-25-27-29-31-33-34-35-36-37-38-39-40-41-42-44-46-48-50-52-54-56-58-60-62-64-66-68-70-72-77(80)82-75(73-78)74-81-76(79)71-69-67-65-63-61-59-57-55-53-51-49-47-45-43-32-30-28-26-24-22-20-18-16-14-12-10-8-6-4-2/h5-8,11-14,17-20,23-26,29-32,34-35,37-38,40-41,44-47,50,52,56,58,62,64,75,78H,3-4,9-10,15-16,21-22,27-28,33,36,39,42-43,48-49,51,53-55,57,59-61,63,65-74H2,1-2H3/b7-5-,8-6-,13-11-,14-12-,19-17-,20-18-,25-23-,26-24-,31-29-,32-30-,35-34-,38-37-,41-40-,46-44-,47-45-,52-50-,58-56-,64-62-. The van der Waals surface area contributed by atoms with Crippen molar-refractivity contribution in [3.63, 3.8) is 0 Å². The van der Waals surface area contributed by atoms with Crippen molar-refractivity contribution in [3.8, 4) is 0 Å². The summed E-state index contributed by atoms with van der Waals surface area (Å²) in [6.07, 6.45) is 114. The number of carbonyl (C=O) groups is 2. The lowest BCUT2D eigenvalue weighted by Crippen LogP contribution is -2.28. The molecule has 0 aromatic heterocycles. The number of carbonyl (C=O) groups excluding carboxylic acids is 2. The maximum Gasteiger partial charge on any atom is 0.306 e. The second kappa shape index (κ2) is 69.5. The minimum Gasteiger partial charge on any atom is -0.462 e. The predicted molar refractivity (Wildman–Crippen MR) is 361 cm³/mol. The molecule has 454 valence electrons. The Bertz CT molecular complexity index is 1990. The highest BCUT2D eigenvalue weighted by Crippen LogP contribution is 2.13. The highest BCUT2D eigenvalue weighted by atomic mass is 16.6. The number of aliphatic hydroxyl groups excluding tert-OH is 1. The molecule has 0 aromatic rings. The summed E-state index contributed by atoms with van der Waals surface area (Å²) >= 11 is 0. The number of rotatable bonds is 56. The van der Waals surface area contributed by atoms with E-state index in [9.17, 15) is 14.7 Å². The van der Waals surface area contributed by atoms with Gasteiger partial charge in [-0.2, -0.15) is 0 Å². The Labute approximate surface area is 503 Å². The highest BCUT2D eigenvalue weighted by molar-refractivity contribution is 5.70. The Morgan fingerprint density at radius 3 is 0.756 bits per heavy atom. The topological polar surface area (TPSA) is 72.8 Å². The molecule has 1 N–H and O–H groups in total. The van der Waals surface area contributed by atoms with Crippen LogP contribution in [0.3, 0.4) is 0 Å². The molecule has 0 amide bonds. The van der Waals surface area contributed by atoms with Gasteiger partial charge in [0, 0.05) is 12.8 Å². The van der Waals surface area contributed by atoms with E-state index >= 15 is 0 Å². The predicted octanol–water partition coefficient (Wildman–Crippen LogP) is 22.7. The third kappa shape index (κ3) is 66.7. The molecule has 0 radical (unpaired) electrons. The minimum atomic E-state index is -0.816. The Morgan fingerprint density at radius 1 is 0.280 bits per heavy atom. The second-order valence-electron chi connectivity index (χ2n) is 20.4. The third-order valence-electron chi connectivity index (χ3n) is 12.8. The van der Waals surface area contributed by atoms with Gasteiger partial charge in [-0.1, -0.05) is 284 Å². The minimum absolute atomic E-state index is 0.101. The molecule has 82 heavy (non-hydrogen) atoms. The summed E-state index contributed by atoms with van der Waals surface area (Å²) in [5, 5.41) is 9.68. The van der Waals surface area contributed by atoms with Crippen LogP contribution in [-0.2, 0) is 19.1 Å². The Morgan fingerprint density at radius 2 is 0.488 bits per heavy atom. The zero-order valence-corrected chi connectivity index (χ0v) is 51.9. The third-order valence-corrected chi connectivity index (χ3v) is 12.8. The van der Waals surface area contributed by atoms with Gasteiger partial charge in [-0.05, 0) is 154 Å². The lowest BCUT2D eigenvalue weighted by Gasteiger charge is -2.15. The molecule has 0 aliphatic carbocycles. The lowest BCUT2D eigenvalue weighted by molar-refractivity contribution is -0.161. The van der Waals surface area contributed by atoms with Crippen molar-refractivity contribution in [1.82, 2.24) is 0 Å². The fourth-order valence-electron chi connectivity index (χ4n) is 8.01. The molecule has 0 saturated heterocycles. The van der Waals surface area contributed by atoms with E-state index in [1.54, 1.807) is 0 Å². The van der Waals surface area contributed by atoms with Gasteiger partial charge in [0.1, 0.15) is 6.61 Å². The van der Waals surface area contributed by atoms with Gasteiger partial charge in [-0.15, -0.1) is 0 Å². The second-order valence-corrected chi connectivity index (χ2v) is 20.4. The molecule has 0 aromatic carbocycles. The van der Waals surface area contributed by atoms with Crippen LogP contribution in [0.5, 0.6) is 0 Å². The molecule has 0 rings (SSSR count). The van der Waals surface area contributed by atoms with Crippen LogP contribution >= 0.6 is 0 Å². The van der Waals surface area contributed by atoms with Crippen molar-refractivity contribution in [2.75, 3.05) is 13.2 Å². The van der Waals surface area contributed by atoms with Gasteiger partial charge in [0.2, 0.25) is 0 Å². The first-order chi connectivity index (χ1) is 40.6. The van der Waals surface area contributed by atoms with E-state index in [1.165, 1.54) is 51.4 Å². The van der Waals surface area contributed by atoms with Crippen molar-refractivity contribution >= 4 is 11.9 Å². The van der Waals surface area contributed by atoms with Crippen LogP contribution in [0, 0.1) is 0 Å². The molecule has 0 fully saturated rings. The van der Waals surface area contributed by atoms with Gasteiger partial charge in [0.05, 0.1) is 6.61 Å².